The monoisotopic (exact) mass is 271 g/mol. The molecule has 19 heavy (non-hydrogen) atoms. The molecule has 1 nitrogen and oxygen atoms in total. The fraction of sp³-hybridized carbons (Fsp3) is 0.600. The van der Waals surface area contributed by atoms with Gasteiger partial charge in [0.1, 0.15) is 0 Å². The molecule has 0 spiro atoms. The van der Waals surface area contributed by atoms with Crippen LogP contribution in [0.3, 0.4) is 0 Å². The third-order valence-electron chi connectivity index (χ3n) is 4.28. The van der Waals surface area contributed by atoms with Gasteiger partial charge in [-0.2, -0.15) is 13.2 Å². The topological polar surface area (TPSA) is 26.0 Å². The van der Waals surface area contributed by atoms with E-state index in [0.29, 0.717) is 0 Å². The van der Waals surface area contributed by atoms with Crippen LogP contribution in [0.1, 0.15) is 50.7 Å². The first-order chi connectivity index (χ1) is 8.62. The van der Waals surface area contributed by atoms with Crippen LogP contribution in [0.4, 0.5) is 13.2 Å². The minimum atomic E-state index is -4.28. The molecule has 1 fully saturated rings. The van der Waals surface area contributed by atoms with E-state index in [4.69, 9.17) is 5.73 Å². The average molecular weight is 271 g/mol. The minimum absolute atomic E-state index is 0.286. The maximum atomic E-state index is 12.5. The lowest BCUT2D eigenvalue weighted by atomic mass is 9.67. The zero-order valence-corrected chi connectivity index (χ0v) is 11.3. The zero-order valence-electron chi connectivity index (χ0n) is 11.3. The molecule has 2 rings (SSSR count). The van der Waals surface area contributed by atoms with E-state index in [1.165, 1.54) is 12.1 Å². The summed E-state index contributed by atoms with van der Waals surface area (Å²) in [4.78, 5) is 0. The number of nitrogens with two attached hydrogens (primary N) is 1. The molecule has 1 aromatic carbocycles. The van der Waals surface area contributed by atoms with Gasteiger partial charge < -0.3 is 5.73 Å². The van der Waals surface area contributed by atoms with Crippen LogP contribution < -0.4 is 5.73 Å². The van der Waals surface area contributed by atoms with E-state index in [9.17, 15) is 13.2 Å². The first kappa shape index (κ1) is 14.4. The van der Waals surface area contributed by atoms with E-state index in [1.807, 2.05) is 0 Å². The van der Waals surface area contributed by atoms with Crippen LogP contribution in [0, 0.1) is 5.41 Å². The molecule has 0 unspecified atom stereocenters. The van der Waals surface area contributed by atoms with Crippen LogP contribution in [0.5, 0.6) is 0 Å². The highest BCUT2D eigenvalue weighted by Gasteiger charge is 2.37. The van der Waals surface area contributed by atoms with Crippen molar-refractivity contribution in [2.45, 2.75) is 51.2 Å². The zero-order chi connectivity index (χ0) is 14.3. The first-order valence-corrected chi connectivity index (χ1v) is 6.59. The van der Waals surface area contributed by atoms with E-state index in [1.54, 1.807) is 0 Å². The average Bonchev–Trinajstić information content (AvgIpc) is 2.33. The number of hydrogen-bond donors (Lipinski definition) is 1. The van der Waals surface area contributed by atoms with Gasteiger partial charge >= 0.3 is 6.18 Å². The molecule has 0 radical (unpaired) electrons. The van der Waals surface area contributed by atoms with Crippen LogP contribution >= 0.6 is 0 Å². The number of benzene rings is 1. The molecule has 0 heterocycles. The largest absolute Gasteiger partial charge is 0.416 e. The van der Waals surface area contributed by atoms with Crippen LogP contribution in [0.15, 0.2) is 24.3 Å². The second-order valence-electron chi connectivity index (χ2n) is 6.40. The Hall–Kier alpha value is -1.03. The van der Waals surface area contributed by atoms with Crippen molar-refractivity contribution in [2.24, 2.45) is 11.1 Å². The Bertz CT molecular complexity index is 435. The molecule has 0 atom stereocenters. The van der Waals surface area contributed by atoms with Gasteiger partial charge in [-0.05, 0) is 48.8 Å². The summed E-state index contributed by atoms with van der Waals surface area (Å²) in [7, 11) is 0. The molecule has 1 aliphatic rings. The Balaban J connectivity index is 2.19. The second kappa shape index (κ2) is 4.51. The maximum absolute atomic E-state index is 12.5. The van der Waals surface area contributed by atoms with E-state index in [0.717, 1.165) is 43.4 Å². The first-order valence-electron chi connectivity index (χ1n) is 6.59. The van der Waals surface area contributed by atoms with Crippen LogP contribution in [0.2, 0.25) is 0 Å². The molecule has 1 saturated carbocycles. The third-order valence-corrected chi connectivity index (χ3v) is 4.28. The summed E-state index contributed by atoms with van der Waals surface area (Å²) in [5.41, 5.74) is 6.39. The summed E-state index contributed by atoms with van der Waals surface area (Å²) >= 11 is 0. The number of halogens is 3. The lowest BCUT2D eigenvalue weighted by Gasteiger charge is -2.41. The molecule has 0 bridgehead atoms. The molecule has 4 heteroatoms. The molecule has 0 saturated heterocycles. The van der Waals surface area contributed by atoms with Gasteiger partial charge in [-0.15, -0.1) is 0 Å². The SMILES string of the molecule is CC1(C)CCC(N)(c2ccc(C(F)(F)F)cc2)CC1. The fourth-order valence-corrected chi connectivity index (χ4v) is 2.65. The van der Waals surface area contributed by atoms with E-state index in [2.05, 4.69) is 13.8 Å². The minimum Gasteiger partial charge on any atom is -0.321 e. The van der Waals surface area contributed by atoms with Crippen LogP contribution in [0.25, 0.3) is 0 Å². The smallest absolute Gasteiger partial charge is 0.321 e. The lowest BCUT2D eigenvalue weighted by Crippen LogP contribution is -2.42. The Morgan fingerprint density at radius 3 is 1.84 bits per heavy atom. The Morgan fingerprint density at radius 1 is 0.947 bits per heavy atom. The lowest BCUT2D eigenvalue weighted by molar-refractivity contribution is -0.137. The molecule has 0 aromatic heterocycles. The van der Waals surface area contributed by atoms with Crippen LogP contribution in [-0.4, -0.2) is 0 Å². The molecular weight excluding hydrogens is 251 g/mol. The normalized spacial score (nSPS) is 22.2. The summed E-state index contributed by atoms with van der Waals surface area (Å²) in [5.74, 6) is 0. The molecular formula is C15H20F3N. The Morgan fingerprint density at radius 2 is 1.42 bits per heavy atom. The van der Waals surface area contributed by atoms with Gasteiger partial charge in [0.2, 0.25) is 0 Å². The fourth-order valence-electron chi connectivity index (χ4n) is 2.65. The molecule has 0 amide bonds. The van der Waals surface area contributed by atoms with Crippen molar-refractivity contribution >= 4 is 0 Å². The Kier molecular flexibility index (Phi) is 3.42. The van der Waals surface area contributed by atoms with Crippen molar-refractivity contribution in [1.29, 1.82) is 0 Å². The van der Waals surface area contributed by atoms with E-state index < -0.39 is 17.3 Å². The van der Waals surface area contributed by atoms with Crippen molar-refractivity contribution in [1.82, 2.24) is 0 Å². The highest BCUT2D eigenvalue weighted by atomic mass is 19.4. The summed E-state index contributed by atoms with van der Waals surface area (Å²) in [6, 6.07) is 5.32. The van der Waals surface area contributed by atoms with Gasteiger partial charge in [0.05, 0.1) is 5.56 Å². The predicted molar refractivity (Wildman–Crippen MR) is 69.6 cm³/mol. The molecule has 1 aliphatic carbocycles. The van der Waals surface area contributed by atoms with Crippen molar-refractivity contribution in [3.63, 3.8) is 0 Å². The van der Waals surface area contributed by atoms with Gasteiger partial charge in [-0.25, -0.2) is 0 Å². The summed E-state index contributed by atoms with van der Waals surface area (Å²) in [5, 5.41) is 0. The van der Waals surface area contributed by atoms with Crippen molar-refractivity contribution < 1.29 is 13.2 Å². The Labute approximate surface area is 112 Å². The molecule has 106 valence electrons. The van der Waals surface area contributed by atoms with E-state index in [-0.39, 0.29) is 5.41 Å². The van der Waals surface area contributed by atoms with Gasteiger partial charge in [0.25, 0.3) is 0 Å². The number of hydrogen-bond acceptors (Lipinski definition) is 1. The standard InChI is InChI=1S/C15H20F3N/c1-13(2)7-9-14(19,10-8-13)11-3-5-12(6-4-11)15(16,17)18/h3-6H,7-10,19H2,1-2H3. The summed E-state index contributed by atoms with van der Waals surface area (Å²) in [6.07, 6.45) is -0.624. The second-order valence-corrected chi connectivity index (χ2v) is 6.40. The highest BCUT2D eigenvalue weighted by Crippen LogP contribution is 2.44. The number of alkyl halides is 3. The quantitative estimate of drug-likeness (QED) is 0.801. The van der Waals surface area contributed by atoms with Gasteiger partial charge in [0.15, 0.2) is 0 Å². The van der Waals surface area contributed by atoms with Crippen molar-refractivity contribution in [2.75, 3.05) is 0 Å². The highest BCUT2D eigenvalue weighted by molar-refractivity contribution is 5.30. The maximum Gasteiger partial charge on any atom is 0.416 e. The van der Waals surface area contributed by atoms with Gasteiger partial charge in [-0.3, -0.25) is 0 Å². The summed E-state index contributed by atoms with van der Waals surface area (Å²) < 4.78 is 37.6. The molecule has 1 aromatic rings. The van der Waals surface area contributed by atoms with Gasteiger partial charge in [0, 0.05) is 5.54 Å². The van der Waals surface area contributed by atoms with E-state index >= 15 is 0 Å². The van der Waals surface area contributed by atoms with Crippen molar-refractivity contribution in [3.05, 3.63) is 35.4 Å². The predicted octanol–water partition coefficient (Wildman–Crippen LogP) is 4.46. The molecule has 0 aliphatic heterocycles. The van der Waals surface area contributed by atoms with Gasteiger partial charge in [-0.1, -0.05) is 26.0 Å². The van der Waals surface area contributed by atoms with Crippen molar-refractivity contribution in [3.8, 4) is 0 Å². The summed E-state index contributed by atoms with van der Waals surface area (Å²) in [6.45, 7) is 4.42. The molecule has 2 N–H and O–H groups in total. The van der Waals surface area contributed by atoms with Crippen LogP contribution in [-0.2, 0) is 11.7 Å². The number of rotatable bonds is 1. The third kappa shape index (κ3) is 3.11.